The Bertz CT molecular complexity index is 760. The maximum Gasteiger partial charge on any atom is 0.242 e. The molecular weight excluding hydrogens is 300 g/mol. The summed E-state index contributed by atoms with van der Waals surface area (Å²) in [6.07, 6.45) is 3.06. The summed E-state index contributed by atoms with van der Waals surface area (Å²) >= 11 is 0. The van der Waals surface area contributed by atoms with Crippen molar-refractivity contribution in [2.75, 3.05) is 20.2 Å². The van der Waals surface area contributed by atoms with Crippen molar-refractivity contribution in [3.63, 3.8) is 0 Å². The molecule has 0 saturated carbocycles. The lowest BCUT2D eigenvalue weighted by atomic mass is 10.2. The van der Waals surface area contributed by atoms with Gasteiger partial charge in [0.2, 0.25) is 10.0 Å². The molecule has 1 aromatic heterocycles. The Hall–Kier alpha value is -1.92. The molecule has 6 heteroatoms. The van der Waals surface area contributed by atoms with E-state index in [1.54, 1.807) is 31.4 Å². The molecule has 0 unspecified atom stereocenters. The lowest BCUT2D eigenvalue weighted by molar-refractivity contribution is 0.356. The second kappa shape index (κ2) is 6.06. The third kappa shape index (κ3) is 2.98. The maximum absolute atomic E-state index is 12.6. The molecule has 1 aliphatic heterocycles. The van der Waals surface area contributed by atoms with Crippen LogP contribution in [0, 0.1) is 0 Å². The lowest BCUT2D eigenvalue weighted by Gasteiger charge is -2.17. The molecule has 0 N–H and O–H groups in total. The normalized spacial score (nSPS) is 13.9. The zero-order valence-corrected chi connectivity index (χ0v) is 13.2. The number of aromatic nitrogens is 1. The highest BCUT2D eigenvalue weighted by molar-refractivity contribution is 7.89. The van der Waals surface area contributed by atoms with E-state index in [1.165, 1.54) is 4.31 Å². The van der Waals surface area contributed by atoms with Crippen LogP contribution in [0.2, 0.25) is 0 Å². The van der Waals surface area contributed by atoms with Gasteiger partial charge in [0.15, 0.2) is 0 Å². The number of rotatable bonds is 5. The number of hydrogen-bond acceptors (Lipinski definition) is 4. The number of pyridine rings is 1. The number of hydrogen-bond donors (Lipinski definition) is 0. The van der Waals surface area contributed by atoms with Gasteiger partial charge in [-0.3, -0.25) is 4.98 Å². The van der Waals surface area contributed by atoms with E-state index in [-0.39, 0.29) is 0 Å². The second-order valence-corrected chi connectivity index (χ2v) is 7.31. The van der Waals surface area contributed by atoms with E-state index in [0.29, 0.717) is 24.5 Å². The molecule has 0 fully saturated rings. The molecule has 5 nitrogen and oxygen atoms in total. The van der Waals surface area contributed by atoms with Crippen LogP contribution in [-0.4, -0.2) is 37.9 Å². The van der Waals surface area contributed by atoms with Crippen molar-refractivity contribution in [2.45, 2.75) is 17.7 Å². The van der Waals surface area contributed by atoms with Crippen molar-refractivity contribution in [2.24, 2.45) is 0 Å². The fourth-order valence-corrected chi connectivity index (χ4v) is 3.66. The summed E-state index contributed by atoms with van der Waals surface area (Å²) in [6, 6.07) is 10.7. The second-order valence-electron chi connectivity index (χ2n) is 5.27. The number of benzene rings is 1. The monoisotopic (exact) mass is 318 g/mol. The Labute approximate surface area is 130 Å². The van der Waals surface area contributed by atoms with Gasteiger partial charge >= 0.3 is 0 Å². The summed E-state index contributed by atoms with van der Waals surface area (Å²) in [5.74, 6) is 0.787. The summed E-state index contributed by atoms with van der Waals surface area (Å²) in [5, 5.41) is 0. The van der Waals surface area contributed by atoms with Gasteiger partial charge < -0.3 is 4.74 Å². The molecule has 1 aliphatic rings. The zero-order valence-electron chi connectivity index (χ0n) is 12.4. The van der Waals surface area contributed by atoms with Crippen molar-refractivity contribution in [1.82, 2.24) is 9.29 Å². The van der Waals surface area contributed by atoms with Crippen molar-refractivity contribution in [1.29, 1.82) is 0 Å². The molecule has 0 radical (unpaired) electrons. The van der Waals surface area contributed by atoms with Crippen LogP contribution in [0.4, 0.5) is 0 Å². The Morgan fingerprint density at radius 3 is 2.91 bits per heavy atom. The molecule has 0 spiro atoms. The van der Waals surface area contributed by atoms with Crippen LogP contribution < -0.4 is 4.74 Å². The van der Waals surface area contributed by atoms with Gasteiger partial charge in [0.1, 0.15) is 5.75 Å². The molecule has 0 bridgehead atoms. The number of sulfonamides is 1. The number of nitrogens with zero attached hydrogens (tertiary/aromatic N) is 2. The molecule has 0 saturated heterocycles. The van der Waals surface area contributed by atoms with Gasteiger partial charge in [-0.05, 0) is 35.9 Å². The highest BCUT2D eigenvalue weighted by Gasteiger charge is 2.23. The number of ether oxygens (including phenoxy) is 1. The maximum atomic E-state index is 12.6. The first kappa shape index (κ1) is 15.0. The lowest BCUT2D eigenvalue weighted by Crippen LogP contribution is -2.29. The summed E-state index contributed by atoms with van der Waals surface area (Å²) in [6.45, 7) is 1.02. The van der Waals surface area contributed by atoms with E-state index in [1.807, 2.05) is 18.2 Å². The van der Waals surface area contributed by atoms with Gasteiger partial charge in [0.25, 0.3) is 0 Å². The smallest absolute Gasteiger partial charge is 0.242 e. The summed E-state index contributed by atoms with van der Waals surface area (Å²) in [5.41, 5.74) is 1.84. The van der Waals surface area contributed by atoms with E-state index in [0.717, 1.165) is 23.4 Å². The molecule has 0 aliphatic carbocycles. The van der Waals surface area contributed by atoms with Crippen molar-refractivity contribution < 1.29 is 13.2 Å². The number of fused-ring (bicyclic) bond motifs is 1. The van der Waals surface area contributed by atoms with Crippen LogP contribution >= 0.6 is 0 Å². The third-order valence-electron chi connectivity index (χ3n) is 3.78. The van der Waals surface area contributed by atoms with Gasteiger partial charge in [0.05, 0.1) is 11.5 Å². The average Bonchev–Trinajstić information content (AvgIpc) is 3.01. The molecule has 0 atom stereocenters. The quantitative estimate of drug-likeness (QED) is 0.844. The standard InChI is InChI=1S/C16H18N2O3S/c1-18(10-7-14-4-2-3-9-17-14)22(19,20)15-5-6-16-13(12-15)8-11-21-16/h2-6,9,12H,7-8,10-11H2,1H3. The summed E-state index contributed by atoms with van der Waals surface area (Å²) in [7, 11) is -1.88. The van der Waals surface area contributed by atoms with Crippen molar-refractivity contribution >= 4 is 10.0 Å². The molecule has 22 heavy (non-hydrogen) atoms. The predicted octanol–water partition coefficient (Wildman–Crippen LogP) is 1.88. The van der Waals surface area contributed by atoms with Crippen LogP contribution in [0.5, 0.6) is 5.75 Å². The van der Waals surface area contributed by atoms with Crippen LogP contribution in [-0.2, 0) is 22.9 Å². The van der Waals surface area contributed by atoms with Crippen LogP contribution in [0.25, 0.3) is 0 Å². The van der Waals surface area contributed by atoms with E-state index in [2.05, 4.69) is 4.98 Å². The Morgan fingerprint density at radius 1 is 1.27 bits per heavy atom. The first-order valence-electron chi connectivity index (χ1n) is 7.19. The minimum atomic E-state index is -3.48. The van der Waals surface area contributed by atoms with E-state index < -0.39 is 10.0 Å². The molecule has 0 amide bonds. The Morgan fingerprint density at radius 2 is 2.14 bits per heavy atom. The van der Waals surface area contributed by atoms with Crippen LogP contribution in [0.15, 0.2) is 47.5 Å². The molecule has 2 heterocycles. The van der Waals surface area contributed by atoms with Gasteiger partial charge in [-0.1, -0.05) is 6.07 Å². The van der Waals surface area contributed by atoms with E-state index >= 15 is 0 Å². The van der Waals surface area contributed by atoms with Crippen molar-refractivity contribution in [3.8, 4) is 5.75 Å². The summed E-state index contributed by atoms with van der Waals surface area (Å²) in [4.78, 5) is 4.53. The van der Waals surface area contributed by atoms with Gasteiger partial charge in [0, 0.05) is 38.3 Å². The minimum absolute atomic E-state index is 0.320. The fourth-order valence-electron chi connectivity index (χ4n) is 2.44. The van der Waals surface area contributed by atoms with Crippen LogP contribution in [0.1, 0.15) is 11.3 Å². The zero-order chi connectivity index (χ0) is 15.6. The largest absolute Gasteiger partial charge is 0.493 e. The Balaban J connectivity index is 1.74. The van der Waals surface area contributed by atoms with Gasteiger partial charge in [-0.25, -0.2) is 12.7 Å². The highest BCUT2D eigenvalue weighted by Crippen LogP contribution is 2.28. The van der Waals surface area contributed by atoms with E-state index in [9.17, 15) is 8.42 Å². The first-order chi connectivity index (χ1) is 10.6. The molecule has 116 valence electrons. The highest BCUT2D eigenvalue weighted by atomic mass is 32.2. The molecule has 3 rings (SSSR count). The molecule has 2 aromatic rings. The van der Waals surface area contributed by atoms with E-state index in [4.69, 9.17) is 4.74 Å². The SMILES string of the molecule is CN(CCc1ccccn1)S(=O)(=O)c1ccc2c(c1)CCO2. The minimum Gasteiger partial charge on any atom is -0.493 e. The first-order valence-corrected chi connectivity index (χ1v) is 8.63. The van der Waals surface area contributed by atoms with Gasteiger partial charge in [-0.2, -0.15) is 0 Å². The topological polar surface area (TPSA) is 59.5 Å². The summed E-state index contributed by atoms with van der Waals surface area (Å²) < 4.78 is 32.0. The third-order valence-corrected chi connectivity index (χ3v) is 5.63. The predicted molar refractivity (Wildman–Crippen MR) is 83.4 cm³/mol. The fraction of sp³-hybridized carbons (Fsp3) is 0.312. The molecule has 1 aromatic carbocycles. The van der Waals surface area contributed by atoms with Crippen molar-refractivity contribution in [3.05, 3.63) is 53.9 Å². The Kier molecular flexibility index (Phi) is 4.13. The number of likely N-dealkylation sites (N-methyl/N-ethyl adjacent to an activating group) is 1. The van der Waals surface area contributed by atoms with Gasteiger partial charge in [-0.15, -0.1) is 0 Å². The van der Waals surface area contributed by atoms with Crippen LogP contribution in [0.3, 0.4) is 0 Å². The average molecular weight is 318 g/mol. The molecular formula is C16H18N2O3S.